The third-order valence-electron chi connectivity index (χ3n) is 13.1. The van der Waals surface area contributed by atoms with Crippen molar-refractivity contribution in [1.82, 2.24) is 25.8 Å². The highest BCUT2D eigenvalue weighted by atomic mass is 32.2. The largest absolute Gasteiger partial charge is 0.504 e. The number of phenolic OH excluding ortho intramolecular Hbond substituents is 1. The van der Waals surface area contributed by atoms with Gasteiger partial charge in [0.15, 0.2) is 23.0 Å². The first-order valence-corrected chi connectivity index (χ1v) is 22.2. The minimum Gasteiger partial charge on any atom is -0.504 e. The van der Waals surface area contributed by atoms with E-state index < -0.39 is 47.4 Å². The van der Waals surface area contributed by atoms with Crippen LogP contribution in [-0.2, 0) is 25.5 Å². The molecule has 5 unspecified atom stereocenters. The van der Waals surface area contributed by atoms with Gasteiger partial charge in [0.1, 0.15) is 24.4 Å². The van der Waals surface area contributed by atoms with Crippen LogP contribution >= 0.6 is 23.5 Å². The topological polar surface area (TPSA) is 201 Å². The molecule has 18 heteroatoms. The number of fused-ring (bicyclic) bond motifs is 11. The monoisotopic (exact) mass is 848 g/mol. The number of nitrogens with one attached hydrogen (secondary N) is 3. The van der Waals surface area contributed by atoms with E-state index in [1.54, 1.807) is 0 Å². The average Bonchev–Trinajstić information content (AvgIpc) is 3.93. The van der Waals surface area contributed by atoms with Gasteiger partial charge in [0, 0.05) is 64.4 Å². The van der Waals surface area contributed by atoms with E-state index in [2.05, 4.69) is 31.8 Å². The van der Waals surface area contributed by atoms with Gasteiger partial charge in [0.25, 0.3) is 0 Å². The molecule has 10 atom stereocenters. The van der Waals surface area contributed by atoms with Gasteiger partial charge in [-0.1, -0.05) is 12.5 Å². The maximum atomic E-state index is 14.0. The molecule has 2 aromatic rings. The molecule has 59 heavy (non-hydrogen) atoms. The third-order valence-corrected chi connectivity index (χ3v) is 16.0. The fourth-order valence-electron chi connectivity index (χ4n) is 10.6. The number of piperazine rings is 1. The minimum absolute atomic E-state index is 0.0287. The second kappa shape index (κ2) is 15.5. The van der Waals surface area contributed by atoms with Gasteiger partial charge in [-0.25, -0.2) is 9.59 Å². The Kier molecular flexibility index (Phi) is 10.5. The highest BCUT2D eigenvalue weighted by Gasteiger charge is 2.61. The van der Waals surface area contributed by atoms with Crippen molar-refractivity contribution in [3.8, 4) is 34.8 Å². The number of carbonyl (C=O) groups excluding carboxylic acids is 4. The van der Waals surface area contributed by atoms with Crippen LogP contribution in [0, 0.1) is 25.2 Å². The molecule has 4 saturated heterocycles. The summed E-state index contributed by atoms with van der Waals surface area (Å²) in [7, 11) is 3.49. The van der Waals surface area contributed by atoms with Crippen LogP contribution in [0.2, 0.25) is 0 Å². The smallest absolute Gasteiger partial charge is 0.329 e. The van der Waals surface area contributed by atoms with Crippen LogP contribution in [0.5, 0.6) is 28.7 Å². The molecule has 8 aliphatic rings. The SMILES string of the molecule is COc1c(C)cc2c(c1O)[C@@H]1C3[C@@H]4SCC(NC(=O)CCCCC5SCC6NC(=O)NC65)C(=O)OC[C@@H](c5c6c(c(C)c(OC(C)=O)c54)OCO6)N3[C@@H](C#N)[C@H](C2)N1C. The van der Waals surface area contributed by atoms with Crippen LogP contribution in [0.25, 0.3) is 0 Å². The van der Waals surface area contributed by atoms with Crippen LogP contribution in [0.1, 0.15) is 83.3 Å². The number of methoxy groups -OCH3 is 1. The zero-order valence-corrected chi connectivity index (χ0v) is 35.1. The lowest BCUT2D eigenvalue weighted by Crippen LogP contribution is -2.69. The summed E-state index contributed by atoms with van der Waals surface area (Å²) < 4.78 is 30.1. The van der Waals surface area contributed by atoms with E-state index in [0.717, 1.165) is 29.7 Å². The van der Waals surface area contributed by atoms with E-state index >= 15 is 0 Å². The maximum Gasteiger partial charge on any atom is 0.329 e. The summed E-state index contributed by atoms with van der Waals surface area (Å²) in [5.74, 6) is 1.13. The van der Waals surface area contributed by atoms with E-state index in [-0.39, 0.29) is 66.6 Å². The first kappa shape index (κ1) is 39.9. The van der Waals surface area contributed by atoms with Crippen molar-refractivity contribution in [2.45, 2.75) is 112 Å². The van der Waals surface area contributed by atoms with Gasteiger partial charge in [-0.3, -0.25) is 19.4 Å². The van der Waals surface area contributed by atoms with Crippen molar-refractivity contribution in [3.63, 3.8) is 0 Å². The van der Waals surface area contributed by atoms with Gasteiger partial charge in [-0.15, -0.1) is 11.8 Å². The number of rotatable bonds is 8. The van der Waals surface area contributed by atoms with Gasteiger partial charge in [-0.2, -0.15) is 17.0 Å². The van der Waals surface area contributed by atoms with Crippen LogP contribution in [0.15, 0.2) is 6.07 Å². The first-order valence-electron chi connectivity index (χ1n) is 20.1. The molecular weight excluding hydrogens is 801 g/mol. The van der Waals surface area contributed by atoms with Crippen molar-refractivity contribution in [2.75, 3.05) is 39.1 Å². The maximum absolute atomic E-state index is 14.0. The van der Waals surface area contributed by atoms with E-state index in [4.69, 9.17) is 23.7 Å². The molecule has 4 bridgehead atoms. The number of carbonyl (C=O) groups is 4. The highest BCUT2D eigenvalue weighted by molar-refractivity contribution is 8.00. The number of nitrogens with zero attached hydrogens (tertiary/aromatic N) is 3. The summed E-state index contributed by atoms with van der Waals surface area (Å²) >= 11 is 3.24. The third kappa shape index (κ3) is 6.50. The van der Waals surface area contributed by atoms with E-state index in [0.29, 0.717) is 58.1 Å². The molecule has 8 heterocycles. The average molecular weight is 849 g/mol. The summed E-state index contributed by atoms with van der Waals surface area (Å²) in [6.07, 6.45) is 2.95. The standard InChI is InChI=1S/C41H48N6O10S2/c1-17-10-20-11-23-24(12-42)47-25-13-54-40(51)22(43-27(49)9-7-6-8-26-31-21(14-58-26)44-41(52)45-31)15-59-39(33(47)32(46(23)4)28(20)34(50)35(17)53-5)30-29(25)38-37(55-16-56-38)18(2)36(30)57-19(3)48/h10,21-26,31-33,39,50H,6-9,11,13-16H2,1-5H3,(H,43,49)(H2,44,45,52)/t21?,22?,23-,24-,25-,26?,31?,32+,33?,39+/m0/s1. The summed E-state index contributed by atoms with van der Waals surface area (Å²) in [6, 6.07) is 0.937. The first-order chi connectivity index (χ1) is 28.4. The predicted molar refractivity (Wildman–Crippen MR) is 216 cm³/mol. The molecule has 8 aliphatic heterocycles. The Bertz CT molecular complexity index is 2170. The number of amides is 3. The Morgan fingerprint density at radius 1 is 1.07 bits per heavy atom. The highest BCUT2D eigenvalue weighted by Crippen LogP contribution is 2.64. The van der Waals surface area contributed by atoms with Crippen LogP contribution < -0.4 is 34.9 Å². The number of likely N-dealkylation sites (N-methyl/N-ethyl adjacent to an activating group) is 1. The molecule has 0 saturated carbocycles. The van der Waals surface area contributed by atoms with Crippen molar-refractivity contribution in [1.29, 1.82) is 5.26 Å². The second-order valence-corrected chi connectivity index (χ2v) is 18.8. The normalized spacial score (nSPS) is 31.4. The molecule has 10 rings (SSSR count). The van der Waals surface area contributed by atoms with Crippen LogP contribution in [0.3, 0.4) is 0 Å². The molecule has 0 radical (unpaired) electrons. The van der Waals surface area contributed by atoms with E-state index in [9.17, 15) is 29.5 Å². The molecule has 3 amide bonds. The molecule has 2 aromatic carbocycles. The minimum atomic E-state index is -1.00. The number of urea groups is 1. The van der Waals surface area contributed by atoms with Gasteiger partial charge in [0.2, 0.25) is 12.7 Å². The van der Waals surface area contributed by atoms with Crippen LogP contribution in [-0.4, -0.2) is 119 Å². The molecule has 4 N–H and O–H groups in total. The van der Waals surface area contributed by atoms with Crippen molar-refractivity contribution < 1.29 is 48.0 Å². The lowest BCUT2D eigenvalue weighted by Gasteiger charge is -2.61. The molecule has 0 spiro atoms. The summed E-state index contributed by atoms with van der Waals surface area (Å²) in [5, 5.41) is 31.7. The molecule has 314 valence electrons. The summed E-state index contributed by atoms with van der Waals surface area (Å²) in [5.41, 5.74) is 4.24. The number of esters is 2. The van der Waals surface area contributed by atoms with Crippen molar-refractivity contribution in [2.24, 2.45) is 0 Å². The van der Waals surface area contributed by atoms with E-state index in [1.807, 2.05) is 38.7 Å². The molecule has 16 nitrogen and oxygen atoms in total. The number of thioether (sulfide) groups is 2. The zero-order valence-electron chi connectivity index (χ0n) is 33.5. The van der Waals surface area contributed by atoms with Gasteiger partial charge in [-0.05, 0) is 51.3 Å². The molecule has 4 fully saturated rings. The molecule has 0 aliphatic carbocycles. The van der Waals surface area contributed by atoms with Gasteiger partial charge >= 0.3 is 18.0 Å². The van der Waals surface area contributed by atoms with Gasteiger partial charge in [0.05, 0.1) is 42.6 Å². The Morgan fingerprint density at radius 3 is 2.63 bits per heavy atom. The Morgan fingerprint density at radius 2 is 1.86 bits per heavy atom. The number of ether oxygens (including phenoxy) is 5. The van der Waals surface area contributed by atoms with Gasteiger partial charge < -0.3 is 44.7 Å². The van der Waals surface area contributed by atoms with Crippen molar-refractivity contribution in [3.05, 3.63) is 39.4 Å². The number of aromatic hydroxyl groups is 1. The number of hydrogen-bond donors (Lipinski definition) is 4. The zero-order chi connectivity index (χ0) is 41.4. The number of unbranched alkanes of at least 4 members (excludes halogenated alkanes) is 1. The second-order valence-electron chi connectivity index (χ2n) is 16.4. The number of phenols is 1. The Hall–Kier alpha value is -4.57. The number of nitriles is 1. The molecular formula is C41H48N6O10S2. The number of hydrogen-bond acceptors (Lipinski definition) is 15. The Balaban J connectivity index is 1.08. The number of aryl methyl sites for hydroxylation is 1. The Labute approximate surface area is 350 Å². The fraction of sp³-hybridized carbons (Fsp3) is 0.585. The lowest BCUT2D eigenvalue weighted by molar-refractivity contribution is -0.152. The fourth-order valence-corrected chi connectivity index (χ4v) is 13.7. The predicted octanol–water partition coefficient (Wildman–Crippen LogP) is 3.44. The number of benzene rings is 2. The molecule has 0 aromatic heterocycles. The van der Waals surface area contributed by atoms with E-state index in [1.165, 1.54) is 25.8 Å². The summed E-state index contributed by atoms with van der Waals surface area (Å²) in [6.45, 7) is 4.76. The quantitative estimate of drug-likeness (QED) is 0.130. The summed E-state index contributed by atoms with van der Waals surface area (Å²) in [4.78, 5) is 56.5. The van der Waals surface area contributed by atoms with Crippen molar-refractivity contribution >= 4 is 47.4 Å². The lowest BCUT2D eigenvalue weighted by atomic mass is 9.71. The van der Waals surface area contributed by atoms with Crippen LogP contribution in [0.4, 0.5) is 4.79 Å².